The van der Waals surface area contributed by atoms with E-state index in [1.165, 1.54) is 0 Å². The van der Waals surface area contributed by atoms with Crippen molar-refractivity contribution in [3.63, 3.8) is 0 Å². The van der Waals surface area contributed by atoms with Gasteiger partial charge in [-0.25, -0.2) is 0 Å². The van der Waals surface area contributed by atoms with Crippen LogP contribution in [0.4, 0.5) is 0 Å². The van der Waals surface area contributed by atoms with Crippen LogP contribution in [0.15, 0.2) is 16.0 Å². The molecule has 0 saturated carbocycles. The second-order valence-corrected chi connectivity index (χ2v) is 5.06. The maximum atomic E-state index is 10.6. The Hall–Kier alpha value is -1.83. The van der Waals surface area contributed by atoms with E-state index in [1.807, 2.05) is 25.3 Å². The van der Waals surface area contributed by atoms with E-state index in [1.54, 1.807) is 6.33 Å². The summed E-state index contributed by atoms with van der Waals surface area (Å²) in [5, 5.41) is 21.0. The van der Waals surface area contributed by atoms with Gasteiger partial charge in [0.15, 0.2) is 5.16 Å². The molecule has 1 atom stereocenters. The number of carbonyl (C=O) groups is 1. The summed E-state index contributed by atoms with van der Waals surface area (Å²) in [6.45, 7) is 5.69. The molecule has 0 radical (unpaired) electrons. The molecule has 8 heteroatoms. The Morgan fingerprint density at radius 2 is 2.32 bits per heavy atom. The molecule has 2 aromatic heterocycles. The fourth-order valence-electron chi connectivity index (χ4n) is 1.95. The van der Waals surface area contributed by atoms with E-state index in [0.29, 0.717) is 5.16 Å². The summed E-state index contributed by atoms with van der Waals surface area (Å²) in [5.74, 6) is -0.190. The molecule has 19 heavy (non-hydrogen) atoms. The molecular weight excluding hydrogens is 268 g/mol. The number of hydrogen-bond donors (Lipinski definition) is 1. The Bertz CT molecular complexity index is 573. The van der Waals surface area contributed by atoms with Crippen molar-refractivity contribution in [1.82, 2.24) is 19.9 Å². The third-order valence-corrected chi connectivity index (χ3v) is 3.73. The highest BCUT2D eigenvalue weighted by Gasteiger charge is 2.21. The van der Waals surface area contributed by atoms with Gasteiger partial charge in [-0.2, -0.15) is 0 Å². The number of carboxylic acid groups (broad SMARTS) is 1. The van der Waals surface area contributed by atoms with E-state index in [0.717, 1.165) is 28.8 Å². The molecule has 0 aromatic carbocycles. The molecular formula is C11H14N4O3S. The van der Waals surface area contributed by atoms with Crippen molar-refractivity contribution >= 4 is 17.7 Å². The molecule has 0 aliphatic heterocycles. The highest BCUT2D eigenvalue weighted by Crippen LogP contribution is 2.28. The van der Waals surface area contributed by atoms with Gasteiger partial charge >= 0.3 is 5.97 Å². The summed E-state index contributed by atoms with van der Waals surface area (Å²) >= 11 is 1.14. The Labute approximate surface area is 114 Å². The Morgan fingerprint density at radius 3 is 2.89 bits per heavy atom. The molecule has 0 bridgehead atoms. The van der Waals surface area contributed by atoms with Crippen LogP contribution < -0.4 is 0 Å². The Morgan fingerprint density at radius 1 is 1.58 bits per heavy atom. The van der Waals surface area contributed by atoms with Crippen LogP contribution in [0.1, 0.15) is 30.0 Å². The quantitative estimate of drug-likeness (QED) is 0.833. The number of nitrogens with zero attached hydrogens (tertiary/aromatic N) is 4. The van der Waals surface area contributed by atoms with E-state index >= 15 is 0 Å². The molecule has 2 aromatic rings. The molecule has 0 amide bonds. The fourth-order valence-corrected chi connectivity index (χ4v) is 2.66. The zero-order chi connectivity index (χ0) is 14.0. The molecule has 0 spiro atoms. The summed E-state index contributed by atoms with van der Waals surface area (Å²) in [6.07, 6.45) is 1.58. The van der Waals surface area contributed by atoms with Gasteiger partial charge in [0, 0.05) is 5.56 Å². The molecule has 1 unspecified atom stereocenters. The van der Waals surface area contributed by atoms with Crippen LogP contribution in [0.5, 0.6) is 0 Å². The monoisotopic (exact) mass is 282 g/mol. The molecule has 2 rings (SSSR count). The first-order valence-corrected chi connectivity index (χ1v) is 6.66. The number of aliphatic carboxylic acids is 1. The first kappa shape index (κ1) is 13.6. The zero-order valence-corrected chi connectivity index (χ0v) is 11.6. The summed E-state index contributed by atoms with van der Waals surface area (Å²) < 4.78 is 6.97. The van der Waals surface area contributed by atoms with Crippen LogP contribution >= 0.6 is 11.8 Å². The average Bonchev–Trinajstić information content (AvgIpc) is 2.93. The van der Waals surface area contributed by atoms with Crippen LogP contribution in [0, 0.1) is 13.8 Å². The summed E-state index contributed by atoms with van der Waals surface area (Å²) in [6, 6.07) is -0.0578. The van der Waals surface area contributed by atoms with E-state index in [4.69, 9.17) is 9.63 Å². The zero-order valence-electron chi connectivity index (χ0n) is 10.8. The van der Waals surface area contributed by atoms with Crippen LogP contribution in [-0.2, 0) is 4.79 Å². The molecule has 7 nitrogen and oxygen atoms in total. The van der Waals surface area contributed by atoms with E-state index < -0.39 is 5.97 Å². The Kier molecular flexibility index (Phi) is 3.89. The van der Waals surface area contributed by atoms with Crippen LogP contribution in [0.25, 0.3) is 0 Å². The SMILES string of the molecule is Cc1noc(C)c1C(C)n1cnnc1SCC(=O)O. The van der Waals surface area contributed by atoms with Crippen LogP contribution in [0.2, 0.25) is 0 Å². The first-order valence-electron chi connectivity index (χ1n) is 5.67. The predicted octanol–water partition coefficient (Wildman–Crippen LogP) is 1.67. The Balaban J connectivity index is 2.27. The highest BCUT2D eigenvalue weighted by atomic mass is 32.2. The smallest absolute Gasteiger partial charge is 0.313 e. The van der Waals surface area contributed by atoms with E-state index in [9.17, 15) is 4.79 Å². The molecule has 102 valence electrons. The standard InChI is InChI=1S/C11H14N4O3S/c1-6-10(8(3)18-14-6)7(2)15-5-12-13-11(15)19-4-9(16)17/h5,7H,4H2,1-3H3,(H,16,17). The highest BCUT2D eigenvalue weighted by molar-refractivity contribution is 7.99. The van der Waals surface area contributed by atoms with Crippen molar-refractivity contribution in [2.24, 2.45) is 0 Å². The van der Waals surface area contributed by atoms with Crippen molar-refractivity contribution < 1.29 is 14.4 Å². The maximum absolute atomic E-state index is 10.6. The number of thioether (sulfide) groups is 1. The lowest BCUT2D eigenvalue weighted by Crippen LogP contribution is -2.10. The van der Waals surface area contributed by atoms with Gasteiger partial charge < -0.3 is 14.2 Å². The number of carboxylic acids is 1. The van der Waals surface area contributed by atoms with Gasteiger partial charge in [0.2, 0.25) is 0 Å². The minimum atomic E-state index is -0.885. The van der Waals surface area contributed by atoms with Crippen molar-refractivity contribution in [1.29, 1.82) is 0 Å². The van der Waals surface area contributed by atoms with E-state index in [2.05, 4.69) is 15.4 Å². The van der Waals surface area contributed by atoms with Gasteiger partial charge in [0.05, 0.1) is 17.5 Å². The van der Waals surface area contributed by atoms with Crippen LogP contribution in [-0.4, -0.2) is 36.7 Å². The number of rotatable bonds is 5. The van der Waals surface area contributed by atoms with Gasteiger partial charge in [0.1, 0.15) is 12.1 Å². The lowest BCUT2D eigenvalue weighted by molar-refractivity contribution is -0.133. The van der Waals surface area contributed by atoms with Crippen molar-refractivity contribution in [2.45, 2.75) is 32.0 Å². The number of aromatic nitrogens is 4. The molecule has 0 fully saturated rings. The number of hydrogen-bond acceptors (Lipinski definition) is 6. The third-order valence-electron chi connectivity index (χ3n) is 2.79. The molecule has 0 aliphatic rings. The van der Waals surface area contributed by atoms with Gasteiger partial charge in [0.25, 0.3) is 0 Å². The molecule has 1 N–H and O–H groups in total. The normalized spacial score (nSPS) is 12.6. The minimum absolute atomic E-state index is 0.0486. The van der Waals surface area contributed by atoms with Gasteiger partial charge in [-0.1, -0.05) is 16.9 Å². The lowest BCUT2D eigenvalue weighted by Gasteiger charge is -2.14. The largest absolute Gasteiger partial charge is 0.481 e. The second kappa shape index (κ2) is 5.43. The van der Waals surface area contributed by atoms with Crippen molar-refractivity contribution in [3.05, 3.63) is 23.3 Å². The van der Waals surface area contributed by atoms with Crippen LogP contribution in [0.3, 0.4) is 0 Å². The fraction of sp³-hybridized carbons (Fsp3) is 0.455. The van der Waals surface area contributed by atoms with Gasteiger partial charge in [-0.05, 0) is 20.8 Å². The van der Waals surface area contributed by atoms with E-state index in [-0.39, 0.29) is 11.8 Å². The topological polar surface area (TPSA) is 94.0 Å². The molecule has 0 aliphatic carbocycles. The summed E-state index contributed by atoms with van der Waals surface area (Å²) in [4.78, 5) is 10.6. The molecule has 0 saturated heterocycles. The minimum Gasteiger partial charge on any atom is -0.481 e. The lowest BCUT2D eigenvalue weighted by atomic mass is 10.1. The average molecular weight is 282 g/mol. The summed E-state index contributed by atoms with van der Waals surface area (Å²) in [7, 11) is 0. The van der Waals surface area contributed by atoms with Crippen molar-refractivity contribution in [2.75, 3.05) is 5.75 Å². The maximum Gasteiger partial charge on any atom is 0.313 e. The number of aryl methyl sites for hydroxylation is 2. The first-order chi connectivity index (χ1) is 9.00. The van der Waals surface area contributed by atoms with Gasteiger partial charge in [-0.15, -0.1) is 10.2 Å². The second-order valence-electron chi connectivity index (χ2n) is 4.12. The van der Waals surface area contributed by atoms with Crippen molar-refractivity contribution in [3.8, 4) is 0 Å². The predicted molar refractivity (Wildman–Crippen MR) is 68.2 cm³/mol. The van der Waals surface area contributed by atoms with Gasteiger partial charge in [-0.3, -0.25) is 4.79 Å². The third kappa shape index (κ3) is 2.78. The molecule has 2 heterocycles. The summed E-state index contributed by atoms with van der Waals surface area (Å²) in [5.41, 5.74) is 1.78.